The van der Waals surface area contributed by atoms with Crippen LogP contribution in [0, 0.1) is 11.7 Å². The molecule has 274 valence electrons. The van der Waals surface area contributed by atoms with Crippen molar-refractivity contribution in [2.45, 2.75) is 91.1 Å². The van der Waals surface area contributed by atoms with Crippen LogP contribution in [0.4, 0.5) is 4.39 Å². The zero-order chi connectivity index (χ0) is 35.7. The van der Waals surface area contributed by atoms with Gasteiger partial charge in [0.25, 0.3) is 5.91 Å². The second-order valence-corrected chi connectivity index (χ2v) is 15.8. The summed E-state index contributed by atoms with van der Waals surface area (Å²) in [6.45, 7) is 24.2. The fourth-order valence-electron chi connectivity index (χ4n) is 8.26. The zero-order valence-electron chi connectivity index (χ0n) is 31.6. The Morgan fingerprint density at radius 2 is 1.72 bits per heavy atom. The van der Waals surface area contributed by atoms with Crippen molar-refractivity contribution in [1.82, 2.24) is 29.4 Å². The molecule has 6 rings (SSSR count). The van der Waals surface area contributed by atoms with Crippen molar-refractivity contribution in [2.24, 2.45) is 13.0 Å². The van der Waals surface area contributed by atoms with Crippen molar-refractivity contribution < 1.29 is 18.7 Å². The smallest absolute Gasteiger partial charge is 0.254 e. The predicted octanol–water partition coefficient (Wildman–Crippen LogP) is 6.22. The molecule has 3 fully saturated rings. The summed E-state index contributed by atoms with van der Waals surface area (Å²) in [7, 11) is 1.96. The summed E-state index contributed by atoms with van der Waals surface area (Å²) in [5, 5.41) is 5.57. The van der Waals surface area contributed by atoms with Crippen LogP contribution in [0.1, 0.15) is 83.1 Å². The third-order valence-electron chi connectivity index (χ3n) is 11.4. The molecule has 0 aliphatic carbocycles. The number of carbonyl (C=O) groups excluding carboxylic acids is 1. The summed E-state index contributed by atoms with van der Waals surface area (Å²) in [4.78, 5) is 23.4. The summed E-state index contributed by atoms with van der Waals surface area (Å²) in [6, 6.07) is 10.1. The Morgan fingerprint density at radius 3 is 2.36 bits per heavy atom. The lowest BCUT2D eigenvalue weighted by atomic mass is 9.84. The molecule has 1 aromatic heterocycles. The molecule has 4 heterocycles. The number of hydrogen-bond acceptors (Lipinski definition) is 7. The Labute approximate surface area is 298 Å². The summed E-state index contributed by atoms with van der Waals surface area (Å²) >= 11 is 0. The molecule has 3 saturated heterocycles. The Bertz CT molecular complexity index is 1610. The van der Waals surface area contributed by atoms with Gasteiger partial charge < -0.3 is 19.3 Å². The average molecular weight is 691 g/mol. The first-order chi connectivity index (χ1) is 23.8. The van der Waals surface area contributed by atoms with Crippen LogP contribution >= 0.6 is 0 Å². The van der Waals surface area contributed by atoms with E-state index >= 15 is 0 Å². The third-order valence-corrected chi connectivity index (χ3v) is 11.4. The van der Waals surface area contributed by atoms with Crippen molar-refractivity contribution in [1.29, 1.82) is 0 Å². The fourth-order valence-corrected chi connectivity index (χ4v) is 8.26. The van der Waals surface area contributed by atoms with Crippen LogP contribution in [-0.4, -0.2) is 125 Å². The van der Waals surface area contributed by atoms with Gasteiger partial charge in [-0.25, -0.2) is 4.39 Å². The van der Waals surface area contributed by atoms with E-state index in [1.54, 1.807) is 11.0 Å². The average Bonchev–Trinajstić information content (AvgIpc) is 3.43. The summed E-state index contributed by atoms with van der Waals surface area (Å²) in [5.74, 6) is -0.0386. The number of fused-ring (bicyclic) bond motifs is 1. The van der Waals surface area contributed by atoms with Crippen molar-refractivity contribution >= 4 is 16.8 Å². The standard InChI is InChI=1S/C40H59FN6O3/c1-9-47(28(4)5)39(48)35-21-31(41)12-13-33(35)34-19-29(20-38-36(34)22-42-43(38)8)30-23-46(24-30)37(27(2)3)11-10-14-44-15-17-45(18-16-44)32-25-49-40(6,7)50-26-32/h12-13,19-22,27-28,30,32,37H,9-11,14-18,23-26H2,1-8H3/t37-/m1/s1. The number of hydrogen-bond donors (Lipinski definition) is 0. The molecular weight excluding hydrogens is 631 g/mol. The van der Waals surface area contributed by atoms with Crippen LogP contribution in [0.15, 0.2) is 36.5 Å². The SMILES string of the molecule is CCN(C(=O)c1cc(F)ccc1-c1cc(C2CN([C@H](CCCN3CCN(C4COC(C)(C)OC4)CC3)C(C)C)C2)cc2c1cnn2C)C(C)C. The minimum absolute atomic E-state index is 0.0127. The highest BCUT2D eigenvalue weighted by Gasteiger charge is 2.36. The molecule has 50 heavy (non-hydrogen) atoms. The maximum Gasteiger partial charge on any atom is 0.254 e. The number of piperazine rings is 1. The summed E-state index contributed by atoms with van der Waals surface area (Å²) < 4.78 is 28.4. The fraction of sp³-hybridized carbons (Fsp3) is 0.650. The van der Waals surface area contributed by atoms with E-state index in [2.05, 4.69) is 45.8 Å². The van der Waals surface area contributed by atoms with E-state index in [9.17, 15) is 9.18 Å². The molecule has 2 aromatic carbocycles. The van der Waals surface area contributed by atoms with E-state index in [1.165, 1.54) is 30.5 Å². The highest BCUT2D eigenvalue weighted by molar-refractivity contribution is 6.05. The Balaban J connectivity index is 1.10. The Kier molecular flexibility index (Phi) is 11.3. The Morgan fingerprint density at radius 1 is 1.02 bits per heavy atom. The molecule has 1 amide bonds. The van der Waals surface area contributed by atoms with Gasteiger partial charge in [0.1, 0.15) is 5.82 Å². The number of likely N-dealkylation sites (tertiary alicyclic amines) is 1. The largest absolute Gasteiger partial charge is 0.349 e. The van der Waals surface area contributed by atoms with Gasteiger partial charge in [0.05, 0.1) is 36.5 Å². The molecular formula is C40H59FN6O3. The van der Waals surface area contributed by atoms with Crippen LogP contribution in [0.5, 0.6) is 0 Å². The van der Waals surface area contributed by atoms with E-state index in [1.807, 2.05) is 52.5 Å². The molecule has 1 atom stereocenters. The number of benzene rings is 2. The van der Waals surface area contributed by atoms with E-state index in [0.717, 1.165) is 81.1 Å². The highest BCUT2D eigenvalue weighted by atomic mass is 19.1. The lowest BCUT2D eigenvalue weighted by molar-refractivity contribution is -0.264. The minimum atomic E-state index is -0.461. The number of aryl methyl sites for hydroxylation is 1. The molecule has 0 bridgehead atoms. The minimum Gasteiger partial charge on any atom is -0.349 e. The number of ether oxygens (including phenoxy) is 2. The Hall–Kier alpha value is -2.89. The maximum atomic E-state index is 14.7. The third kappa shape index (κ3) is 7.94. The molecule has 3 aliphatic heterocycles. The molecule has 3 aromatic rings. The van der Waals surface area contributed by atoms with Crippen molar-refractivity contribution in [2.75, 3.05) is 65.6 Å². The quantitative estimate of drug-likeness (QED) is 0.224. The number of carbonyl (C=O) groups is 1. The van der Waals surface area contributed by atoms with Gasteiger partial charge in [0, 0.05) is 76.2 Å². The molecule has 0 saturated carbocycles. The molecule has 0 radical (unpaired) electrons. The van der Waals surface area contributed by atoms with E-state index < -0.39 is 11.6 Å². The van der Waals surface area contributed by atoms with Gasteiger partial charge in [-0.15, -0.1) is 0 Å². The normalized spacial score (nSPS) is 20.5. The first kappa shape index (κ1) is 36.9. The molecule has 9 nitrogen and oxygen atoms in total. The van der Waals surface area contributed by atoms with Crippen molar-refractivity contribution in [3.63, 3.8) is 0 Å². The van der Waals surface area contributed by atoms with Gasteiger partial charge in [-0.05, 0) is 101 Å². The molecule has 0 spiro atoms. The lowest BCUT2D eigenvalue weighted by Crippen LogP contribution is -2.56. The van der Waals surface area contributed by atoms with Crippen LogP contribution in [0.2, 0.25) is 0 Å². The number of rotatable bonds is 12. The van der Waals surface area contributed by atoms with E-state index in [4.69, 9.17) is 9.47 Å². The molecule has 0 N–H and O–H groups in total. The molecule has 10 heteroatoms. The van der Waals surface area contributed by atoms with E-state index in [-0.39, 0.29) is 11.9 Å². The zero-order valence-corrected chi connectivity index (χ0v) is 31.6. The monoisotopic (exact) mass is 690 g/mol. The van der Waals surface area contributed by atoms with Crippen LogP contribution < -0.4 is 0 Å². The maximum absolute atomic E-state index is 14.7. The summed E-state index contributed by atoms with van der Waals surface area (Å²) in [6.07, 6.45) is 4.26. The highest BCUT2D eigenvalue weighted by Crippen LogP contribution is 2.39. The van der Waals surface area contributed by atoms with E-state index in [0.29, 0.717) is 36.0 Å². The number of aromatic nitrogens is 2. The van der Waals surface area contributed by atoms with Gasteiger partial charge >= 0.3 is 0 Å². The van der Waals surface area contributed by atoms with Crippen LogP contribution in [-0.2, 0) is 16.5 Å². The first-order valence-corrected chi connectivity index (χ1v) is 18.9. The van der Waals surface area contributed by atoms with Gasteiger partial charge in [-0.2, -0.15) is 5.10 Å². The summed E-state index contributed by atoms with van der Waals surface area (Å²) in [5.41, 5.74) is 4.39. The number of nitrogens with zero attached hydrogens (tertiary/aromatic N) is 6. The second kappa shape index (κ2) is 15.4. The van der Waals surface area contributed by atoms with Crippen molar-refractivity contribution in [3.05, 3.63) is 53.5 Å². The lowest BCUT2D eigenvalue weighted by Gasteiger charge is -2.47. The molecule has 3 aliphatic rings. The van der Waals surface area contributed by atoms with Gasteiger partial charge in [0.15, 0.2) is 5.79 Å². The number of amides is 1. The topological polar surface area (TPSA) is 66.3 Å². The van der Waals surface area contributed by atoms with Crippen LogP contribution in [0.3, 0.4) is 0 Å². The van der Waals surface area contributed by atoms with Gasteiger partial charge in [-0.3, -0.25) is 19.3 Å². The van der Waals surface area contributed by atoms with Gasteiger partial charge in [-0.1, -0.05) is 19.9 Å². The predicted molar refractivity (Wildman–Crippen MR) is 198 cm³/mol. The van der Waals surface area contributed by atoms with Crippen molar-refractivity contribution in [3.8, 4) is 11.1 Å². The first-order valence-electron chi connectivity index (χ1n) is 18.9. The van der Waals surface area contributed by atoms with Crippen LogP contribution in [0.25, 0.3) is 22.0 Å². The second-order valence-electron chi connectivity index (χ2n) is 15.8. The van der Waals surface area contributed by atoms with Gasteiger partial charge in [0.2, 0.25) is 0 Å². The number of halogens is 1. The molecule has 0 unspecified atom stereocenters.